The number of aromatic nitrogens is 4. The summed E-state index contributed by atoms with van der Waals surface area (Å²) in [5.41, 5.74) is 3.77. The minimum Gasteiger partial charge on any atom is -0.491 e. The van der Waals surface area contributed by atoms with E-state index in [1.54, 1.807) is 7.11 Å². The fourth-order valence-corrected chi connectivity index (χ4v) is 4.03. The molecule has 1 aromatic carbocycles. The lowest BCUT2D eigenvalue weighted by Crippen LogP contribution is -2.29. The molecule has 7 heteroatoms. The second kappa shape index (κ2) is 8.28. The van der Waals surface area contributed by atoms with Crippen LogP contribution in [-0.2, 0) is 4.74 Å². The van der Waals surface area contributed by atoms with E-state index in [0.29, 0.717) is 13.2 Å². The molecular formula is C23H25N5O2. The quantitative estimate of drug-likeness (QED) is 0.454. The maximum absolute atomic E-state index is 5.68. The molecule has 0 radical (unpaired) electrons. The standard InChI is InChI=1S/C23H25N5O2/c1-29-14-15-30-18-10-13-28-21(16-18)25-26-23(28)19-9-8-17-6-5-7-20(22(17)24-19)27-11-3-2-4-12-27/h5-10,13,16H,2-4,11-12,14-15H2,1H3. The lowest BCUT2D eigenvalue weighted by molar-refractivity contribution is 0.146. The molecule has 0 aliphatic carbocycles. The van der Waals surface area contributed by atoms with Crippen LogP contribution < -0.4 is 9.64 Å². The third-order valence-corrected chi connectivity index (χ3v) is 5.56. The number of pyridine rings is 2. The van der Waals surface area contributed by atoms with E-state index in [1.165, 1.54) is 24.9 Å². The van der Waals surface area contributed by atoms with E-state index in [9.17, 15) is 0 Å². The summed E-state index contributed by atoms with van der Waals surface area (Å²) >= 11 is 0. The summed E-state index contributed by atoms with van der Waals surface area (Å²) in [5.74, 6) is 1.47. The average Bonchev–Trinajstić information content (AvgIpc) is 3.22. The highest BCUT2D eigenvalue weighted by molar-refractivity contribution is 5.92. The van der Waals surface area contributed by atoms with Crippen molar-refractivity contribution < 1.29 is 9.47 Å². The molecule has 0 bridgehead atoms. The predicted octanol–water partition coefficient (Wildman–Crippen LogP) is 3.96. The SMILES string of the molecule is COCCOc1ccn2c(-c3ccc4cccc(N5CCCCC5)c4n3)nnc2c1. The van der Waals surface area contributed by atoms with Crippen molar-refractivity contribution in [2.24, 2.45) is 0 Å². The number of hydrogen-bond donors (Lipinski definition) is 0. The summed E-state index contributed by atoms with van der Waals surface area (Å²) in [6.07, 6.45) is 5.71. The molecule has 1 fully saturated rings. The molecular weight excluding hydrogens is 378 g/mol. The lowest BCUT2D eigenvalue weighted by atomic mass is 10.1. The first-order chi connectivity index (χ1) is 14.8. The normalized spacial score (nSPS) is 14.5. The maximum Gasteiger partial charge on any atom is 0.187 e. The minimum absolute atomic E-state index is 0.499. The predicted molar refractivity (Wildman–Crippen MR) is 117 cm³/mol. The van der Waals surface area contributed by atoms with Crippen LogP contribution in [0.25, 0.3) is 28.1 Å². The summed E-state index contributed by atoms with van der Waals surface area (Å²) in [6.45, 7) is 3.22. The molecule has 0 N–H and O–H groups in total. The Labute approximate surface area is 175 Å². The lowest BCUT2D eigenvalue weighted by Gasteiger charge is -2.29. The number of benzene rings is 1. The zero-order valence-electron chi connectivity index (χ0n) is 17.1. The molecule has 3 aromatic heterocycles. The maximum atomic E-state index is 5.68. The average molecular weight is 403 g/mol. The number of ether oxygens (including phenoxy) is 2. The van der Waals surface area contributed by atoms with Crippen molar-refractivity contribution >= 4 is 22.2 Å². The molecule has 30 heavy (non-hydrogen) atoms. The van der Waals surface area contributed by atoms with E-state index in [0.717, 1.165) is 46.9 Å². The first-order valence-electron chi connectivity index (χ1n) is 10.4. The summed E-state index contributed by atoms with van der Waals surface area (Å²) in [5, 5.41) is 9.88. The van der Waals surface area contributed by atoms with Crippen LogP contribution in [-0.4, -0.2) is 53.0 Å². The Morgan fingerprint density at radius 1 is 0.967 bits per heavy atom. The van der Waals surface area contributed by atoms with Gasteiger partial charge in [0, 0.05) is 37.8 Å². The second-order valence-electron chi connectivity index (χ2n) is 7.55. The number of fused-ring (bicyclic) bond motifs is 2. The Hall–Kier alpha value is -3.19. The number of methoxy groups -OCH3 is 1. The van der Waals surface area contributed by atoms with E-state index >= 15 is 0 Å². The van der Waals surface area contributed by atoms with Gasteiger partial charge in [0.2, 0.25) is 0 Å². The van der Waals surface area contributed by atoms with Crippen LogP contribution >= 0.6 is 0 Å². The molecule has 0 unspecified atom stereocenters. The molecule has 0 spiro atoms. The zero-order valence-corrected chi connectivity index (χ0v) is 17.1. The van der Waals surface area contributed by atoms with Crippen molar-refractivity contribution in [3.8, 4) is 17.3 Å². The van der Waals surface area contributed by atoms with Gasteiger partial charge in [0.15, 0.2) is 11.5 Å². The Morgan fingerprint density at radius 3 is 2.73 bits per heavy atom. The third kappa shape index (κ3) is 3.57. The highest BCUT2D eigenvalue weighted by Crippen LogP contribution is 2.30. The van der Waals surface area contributed by atoms with Gasteiger partial charge in [0.25, 0.3) is 0 Å². The van der Waals surface area contributed by atoms with Gasteiger partial charge in [-0.15, -0.1) is 10.2 Å². The molecule has 5 rings (SSSR count). The Balaban J connectivity index is 1.52. The zero-order chi connectivity index (χ0) is 20.3. The highest BCUT2D eigenvalue weighted by Gasteiger charge is 2.16. The Morgan fingerprint density at radius 2 is 1.87 bits per heavy atom. The fraction of sp³-hybridized carbons (Fsp3) is 0.348. The number of anilines is 1. The van der Waals surface area contributed by atoms with Crippen LogP contribution in [0.4, 0.5) is 5.69 Å². The summed E-state index contributed by atoms with van der Waals surface area (Å²) in [7, 11) is 1.66. The van der Waals surface area contributed by atoms with Crippen LogP contribution in [0.1, 0.15) is 19.3 Å². The van der Waals surface area contributed by atoms with Gasteiger partial charge in [-0.1, -0.05) is 18.2 Å². The molecule has 7 nitrogen and oxygen atoms in total. The van der Waals surface area contributed by atoms with Gasteiger partial charge < -0.3 is 14.4 Å². The van der Waals surface area contributed by atoms with Gasteiger partial charge >= 0.3 is 0 Å². The number of para-hydroxylation sites is 1. The van der Waals surface area contributed by atoms with Gasteiger partial charge in [0.1, 0.15) is 18.1 Å². The van der Waals surface area contributed by atoms with Crippen molar-refractivity contribution in [3.05, 3.63) is 48.7 Å². The monoisotopic (exact) mass is 403 g/mol. The van der Waals surface area contributed by atoms with E-state index in [1.807, 2.05) is 28.8 Å². The van der Waals surface area contributed by atoms with Crippen molar-refractivity contribution in [3.63, 3.8) is 0 Å². The number of nitrogens with zero attached hydrogens (tertiary/aromatic N) is 5. The van der Waals surface area contributed by atoms with Crippen LogP contribution in [0.3, 0.4) is 0 Å². The van der Waals surface area contributed by atoms with E-state index in [2.05, 4.69) is 39.4 Å². The van der Waals surface area contributed by atoms with Gasteiger partial charge in [-0.05, 0) is 37.5 Å². The number of hydrogen-bond acceptors (Lipinski definition) is 6. The van der Waals surface area contributed by atoms with Crippen LogP contribution in [0.15, 0.2) is 48.7 Å². The van der Waals surface area contributed by atoms with E-state index < -0.39 is 0 Å². The molecule has 154 valence electrons. The largest absolute Gasteiger partial charge is 0.491 e. The second-order valence-corrected chi connectivity index (χ2v) is 7.55. The number of rotatable bonds is 6. The van der Waals surface area contributed by atoms with Crippen molar-refractivity contribution in [2.75, 3.05) is 38.3 Å². The summed E-state index contributed by atoms with van der Waals surface area (Å²) in [4.78, 5) is 7.47. The fourth-order valence-electron chi connectivity index (χ4n) is 4.03. The highest BCUT2D eigenvalue weighted by atomic mass is 16.5. The molecule has 0 amide bonds. The summed E-state index contributed by atoms with van der Waals surface area (Å²) in [6, 6.07) is 14.3. The van der Waals surface area contributed by atoms with Gasteiger partial charge in [-0.2, -0.15) is 0 Å². The van der Waals surface area contributed by atoms with Gasteiger partial charge in [0.05, 0.1) is 17.8 Å². The van der Waals surface area contributed by atoms with Crippen LogP contribution in [0.5, 0.6) is 5.75 Å². The molecule has 1 aliphatic rings. The van der Waals surface area contributed by atoms with E-state index in [-0.39, 0.29) is 0 Å². The number of piperidine rings is 1. The van der Waals surface area contributed by atoms with E-state index in [4.69, 9.17) is 14.5 Å². The van der Waals surface area contributed by atoms with Crippen LogP contribution in [0, 0.1) is 0 Å². The smallest absolute Gasteiger partial charge is 0.187 e. The molecule has 0 saturated carbocycles. The summed E-state index contributed by atoms with van der Waals surface area (Å²) < 4.78 is 12.7. The van der Waals surface area contributed by atoms with Crippen molar-refractivity contribution in [1.82, 2.24) is 19.6 Å². The third-order valence-electron chi connectivity index (χ3n) is 5.56. The molecule has 0 atom stereocenters. The Bertz CT molecular complexity index is 1170. The molecule has 4 heterocycles. The first-order valence-corrected chi connectivity index (χ1v) is 10.4. The minimum atomic E-state index is 0.499. The van der Waals surface area contributed by atoms with Crippen LogP contribution in [0.2, 0.25) is 0 Å². The molecule has 1 saturated heterocycles. The first kappa shape index (κ1) is 18.8. The van der Waals surface area contributed by atoms with Crippen molar-refractivity contribution in [2.45, 2.75) is 19.3 Å². The topological polar surface area (TPSA) is 64.8 Å². The van der Waals surface area contributed by atoms with Gasteiger partial charge in [-0.3, -0.25) is 4.40 Å². The van der Waals surface area contributed by atoms with Gasteiger partial charge in [-0.25, -0.2) is 4.98 Å². The van der Waals surface area contributed by atoms with Crippen molar-refractivity contribution in [1.29, 1.82) is 0 Å². The molecule has 1 aliphatic heterocycles. The molecule has 4 aromatic rings. The Kier molecular flexibility index (Phi) is 5.19.